The Morgan fingerprint density at radius 1 is 1.32 bits per heavy atom. The van der Waals surface area contributed by atoms with Crippen molar-refractivity contribution in [2.24, 2.45) is 0 Å². The van der Waals surface area contributed by atoms with Crippen molar-refractivity contribution in [3.05, 3.63) is 29.6 Å². The fourth-order valence-corrected chi connectivity index (χ4v) is 1.47. The molecule has 0 spiro atoms. The van der Waals surface area contributed by atoms with Crippen LogP contribution >= 0.6 is 0 Å². The number of carbonyl (C=O) groups excluding carboxylic acids is 2. The minimum absolute atomic E-state index is 0.103. The fourth-order valence-electron chi connectivity index (χ4n) is 1.47. The fraction of sp³-hybridized carbons (Fsp3) is 0.385. The van der Waals surface area contributed by atoms with Crippen molar-refractivity contribution in [2.75, 3.05) is 18.9 Å². The highest BCUT2D eigenvalue weighted by molar-refractivity contribution is 5.96. The largest absolute Gasteiger partial charge is 0.355 e. The van der Waals surface area contributed by atoms with Crippen LogP contribution in [0.4, 0.5) is 14.9 Å². The zero-order chi connectivity index (χ0) is 14.3. The SMILES string of the molecule is CCCCNC(=O)Nc1ccc(F)c(C(=O)NC)c1. The van der Waals surface area contributed by atoms with Crippen molar-refractivity contribution in [2.45, 2.75) is 19.8 Å². The maximum Gasteiger partial charge on any atom is 0.319 e. The summed E-state index contributed by atoms with van der Waals surface area (Å²) in [5.74, 6) is -1.16. The maximum absolute atomic E-state index is 13.4. The van der Waals surface area contributed by atoms with Gasteiger partial charge in [-0.15, -0.1) is 0 Å². The van der Waals surface area contributed by atoms with E-state index in [-0.39, 0.29) is 11.6 Å². The van der Waals surface area contributed by atoms with E-state index in [1.807, 2.05) is 6.92 Å². The van der Waals surface area contributed by atoms with Crippen molar-refractivity contribution < 1.29 is 14.0 Å². The number of hydrogen-bond acceptors (Lipinski definition) is 2. The predicted molar refractivity (Wildman–Crippen MR) is 71.7 cm³/mol. The lowest BCUT2D eigenvalue weighted by Crippen LogP contribution is -2.29. The number of benzene rings is 1. The zero-order valence-electron chi connectivity index (χ0n) is 11.0. The number of carbonyl (C=O) groups is 2. The van der Waals surface area contributed by atoms with Crippen molar-refractivity contribution in [3.63, 3.8) is 0 Å². The van der Waals surface area contributed by atoms with E-state index in [1.165, 1.54) is 19.2 Å². The molecular weight excluding hydrogens is 249 g/mol. The number of nitrogens with one attached hydrogen (secondary N) is 3. The lowest BCUT2D eigenvalue weighted by atomic mass is 10.1. The quantitative estimate of drug-likeness (QED) is 0.715. The Morgan fingerprint density at radius 3 is 2.68 bits per heavy atom. The molecule has 1 aromatic rings. The normalized spacial score (nSPS) is 9.84. The van der Waals surface area contributed by atoms with E-state index in [0.717, 1.165) is 18.9 Å². The van der Waals surface area contributed by atoms with Crippen LogP contribution in [0.1, 0.15) is 30.1 Å². The molecule has 0 aromatic heterocycles. The predicted octanol–water partition coefficient (Wildman–Crippen LogP) is 2.11. The molecule has 3 N–H and O–H groups in total. The second-order valence-corrected chi connectivity index (χ2v) is 4.01. The van der Waals surface area contributed by atoms with Gasteiger partial charge in [-0.05, 0) is 24.6 Å². The molecule has 0 aliphatic heterocycles. The summed E-state index contributed by atoms with van der Waals surface area (Å²) in [5, 5.41) is 7.55. The van der Waals surface area contributed by atoms with Crippen LogP contribution in [-0.2, 0) is 0 Å². The number of amides is 3. The molecule has 1 rings (SSSR count). The molecular formula is C13H18FN3O2. The van der Waals surface area contributed by atoms with Crippen LogP contribution in [0.25, 0.3) is 0 Å². The number of urea groups is 1. The summed E-state index contributed by atoms with van der Waals surface area (Å²) < 4.78 is 13.4. The maximum atomic E-state index is 13.4. The van der Waals surface area contributed by atoms with Crippen LogP contribution < -0.4 is 16.0 Å². The van der Waals surface area contributed by atoms with Crippen LogP contribution in [0.15, 0.2) is 18.2 Å². The first kappa shape index (κ1) is 14.9. The van der Waals surface area contributed by atoms with Gasteiger partial charge in [0.1, 0.15) is 5.82 Å². The first-order valence-electron chi connectivity index (χ1n) is 6.15. The molecule has 0 aliphatic rings. The summed E-state index contributed by atoms with van der Waals surface area (Å²) in [6.07, 6.45) is 1.87. The van der Waals surface area contributed by atoms with Crippen LogP contribution in [0, 0.1) is 5.82 Å². The smallest absolute Gasteiger partial charge is 0.319 e. The molecule has 5 nitrogen and oxygen atoms in total. The monoisotopic (exact) mass is 267 g/mol. The molecule has 3 amide bonds. The zero-order valence-corrected chi connectivity index (χ0v) is 11.0. The van der Waals surface area contributed by atoms with Gasteiger partial charge in [0.25, 0.3) is 5.91 Å². The Morgan fingerprint density at radius 2 is 2.05 bits per heavy atom. The highest BCUT2D eigenvalue weighted by atomic mass is 19.1. The van der Waals surface area contributed by atoms with E-state index in [0.29, 0.717) is 12.2 Å². The Hall–Kier alpha value is -2.11. The van der Waals surface area contributed by atoms with Crippen molar-refractivity contribution >= 4 is 17.6 Å². The standard InChI is InChI=1S/C13H18FN3O2/c1-3-4-7-16-13(19)17-9-5-6-11(14)10(8-9)12(18)15-2/h5-6,8H,3-4,7H2,1-2H3,(H,15,18)(H2,16,17,19). The van der Waals surface area contributed by atoms with Crippen molar-refractivity contribution in [1.29, 1.82) is 0 Å². The van der Waals surface area contributed by atoms with E-state index in [4.69, 9.17) is 0 Å². The van der Waals surface area contributed by atoms with Crippen LogP contribution in [0.3, 0.4) is 0 Å². The Balaban J connectivity index is 2.69. The summed E-state index contributed by atoms with van der Waals surface area (Å²) in [7, 11) is 1.42. The van der Waals surface area contributed by atoms with Gasteiger partial charge in [0.2, 0.25) is 0 Å². The molecule has 104 valence electrons. The van der Waals surface area contributed by atoms with E-state index in [1.54, 1.807) is 0 Å². The Labute approximate surface area is 111 Å². The number of halogens is 1. The van der Waals surface area contributed by atoms with E-state index < -0.39 is 11.7 Å². The molecule has 0 heterocycles. The Bertz CT molecular complexity index is 463. The second-order valence-electron chi connectivity index (χ2n) is 4.01. The third kappa shape index (κ3) is 4.57. The van der Waals surface area contributed by atoms with Gasteiger partial charge in [0.15, 0.2) is 0 Å². The Kier molecular flexibility index (Phi) is 5.78. The molecule has 0 unspecified atom stereocenters. The summed E-state index contributed by atoms with van der Waals surface area (Å²) >= 11 is 0. The first-order chi connectivity index (χ1) is 9.08. The van der Waals surface area contributed by atoms with E-state index in [9.17, 15) is 14.0 Å². The third-order valence-electron chi connectivity index (χ3n) is 2.51. The van der Waals surface area contributed by atoms with Gasteiger partial charge in [0, 0.05) is 19.3 Å². The summed E-state index contributed by atoms with van der Waals surface area (Å²) in [5.41, 5.74) is 0.267. The van der Waals surface area contributed by atoms with Gasteiger partial charge in [-0.1, -0.05) is 13.3 Å². The van der Waals surface area contributed by atoms with E-state index in [2.05, 4.69) is 16.0 Å². The average molecular weight is 267 g/mol. The van der Waals surface area contributed by atoms with Crippen LogP contribution in [0.5, 0.6) is 0 Å². The summed E-state index contributed by atoms with van der Waals surface area (Å²) in [6, 6.07) is 3.48. The molecule has 0 aliphatic carbocycles. The minimum atomic E-state index is -0.628. The lowest BCUT2D eigenvalue weighted by molar-refractivity contribution is 0.0959. The summed E-state index contributed by atoms with van der Waals surface area (Å²) in [6.45, 7) is 2.60. The van der Waals surface area contributed by atoms with Crippen LogP contribution in [-0.4, -0.2) is 25.5 Å². The van der Waals surface area contributed by atoms with Gasteiger partial charge < -0.3 is 16.0 Å². The van der Waals surface area contributed by atoms with Gasteiger partial charge in [0.05, 0.1) is 5.56 Å². The molecule has 0 saturated heterocycles. The number of unbranched alkanes of at least 4 members (excludes halogenated alkanes) is 1. The molecule has 6 heteroatoms. The highest BCUT2D eigenvalue weighted by Gasteiger charge is 2.11. The molecule has 0 atom stereocenters. The number of hydrogen-bond donors (Lipinski definition) is 3. The van der Waals surface area contributed by atoms with Crippen molar-refractivity contribution in [3.8, 4) is 0 Å². The van der Waals surface area contributed by atoms with Gasteiger partial charge in [-0.25, -0.2) is 9.18 Å². The average Bonchev–Trinajstić information content (AvgIpc) is 2.40. The highest BCUT2D eigenvalue weighted by Crippen LogP contribution is 2.14. The number of anilines is 1. The summed E-state index contributed by atoms with van der Waals surface area (Å²) in [4.78, 5) is 22.9. The van der Waals surface area contributed by atoms with E-state index >= 15 is 0 Å². The topological polar surface area (TPSA) is 70.2 Å². The molecule has 0 radical (unpaired) electrons. The van der Waals surface area contributed by atoms with Gasteiger partial charge in [-0.2, -0.15) is 0 Å². The minimum Gasteiger partial charge on any atom is -0.355 e. The van der Waals surface area contributed by atoms with Gasteiger partial charge in [-0.3, -0.25) is 4.79 Å². The van der Waals surface area contributed by atoms with Gasteiger partial charge >= 0.3 is 6.03 Å². The first-order valence-corrected chi connectivity index (χ1v) is 6.15. The lowest BCUT2D eigenvalue weighted by Gasteiger charge is -2.09. The number of rotatable bonds is 5. The third-order valence-corrected chi connectivity index (χ3v) is 2.51. The molecule has 0 fully saturated rings. The molecule has 0 bridgehead atoms. The molecule has 0 saturated carbocycles. The molecule has 19 heavy (non-hydrogen) atoms. The second kappa shape index (κ2) is 7.35. The van der Waals surface area contributed by atoms with Crippen LogP contribution in [0.2, 0.25) is 0 Å². The molecule has 1 aromatic carbocycles. The van der Waals surface area contributed by atoms with Crippen molar-refractivity contribution in [1.82, 2.24) is 10.6 Å².